The van der Waals surface area contributed by atoms with Crippen LogP contribution in [-0.2, 0) is 0 Å². The second kappa shape index (κ2) is 7.30. The topological polar surface area (TPSA) is 80.9 Å². The highest BCUT2D eigenvalue weighted by Gasteiger charge is 2.18. The van der Waals surface area contributed by atoms with Gasteiger partial charge in [-0.25, -0.2) is 4.98 Å². The second-order valence-corrected chi connectivity index (χ2v) is 6.99. The third kappa shape index (κ3) is 3.74. The van der Waals surface area contributed by atoms with E-state index in [-0.39, 0.29) is 5.91 Å². The molecule has 0 aliphatic heterocycles. The van der Waals surface area contributed by atoms with Gasteiger partial charge in [0.1, 0.15) is 0 Å². The molecule has 6 nitrogen and oxygen atoms in total. The summed E-state index contributed by atoms with van der Waals surface area (Å²) in [4.78, 5) is 21.4. The average Bonchev–Trinajstić information content (AvgIpc) is 3.31. The summed E-state index contributed by atoms with van der Waals surface area (Å²) in [5.41, 5.74) is 2.71. The molecule has 27 heavy (non-hydrogen) atoms. The Kier molecular flexibility index (Phi) is 4.70. The number of carbonyl (C=O) groups excluding carboxylic acids is 1. The predicted molar refractivity (Wildman–Crippen MR) is 105 cm³/mol. The van der Waals surface area contributed by atoms with Crippen LogP contribution in [0, 0.1) is 6.92 Å². The number of halogens is 1. The van der Waals surface area contributed by atoms with E-state index in [1.165, 1.54) is 11.3 Å². The molecule has 4 rings (SSSR count). The number of rotatable bonds is 4. The molecule has 0 unspecified atom stereocenters. The van der Waals surface area contributed by atoms with Gasteiger partial charge in [-0.2, -0.15) is 4.98 Å². The smallest absolute Gasteiger partial charge is 0.258 e. The number of hydrogen-bond acceptors (Lipinski definition) is 6. The van der Waals surface area contributed by atoms with Crippen molar-refractivity contribution in [3.63, 3.8) is 0 Å². The minimum absolute atomic E-state index is 0.293. The Hall–Kier alpha value is -3.03. The molecular formula is C19H13ClN4O2S. The number of aryl methyl sites for hydroxylation is 1. The molecule has 0 saturated heterocycles. The van der Waals surface area contributed by atoms with Crippen molar-refractivity contribution < 1.29 is 9.32 Å². The van der Waals surface area contributed by atoms with Crippen LogP contribution in [0.4, 0.5) is 5.13 Å². The Morgan fingerprint density at radius 1 is 1.11 bits per heavy atom. The number of hydrogen-bond donors (Lipinski definition) is 1. The van der Waals surface area contributed by atoms with Gasteiger partial charge in [0.2, 0.25) is 0 Å². The van der Waals surface area contributed by atoms with E-state index >= 15 is 0 Å². The van der Waals surface area contributed by atoms with Gasteiger partial charge in [0, 0.05) is 16.0 Å². The van der Waals surface area contributed by atoms with Crippen LogP contribution in [0.5, 0.6) is 0 Å². The Labute approximate surface area is 163 Å². The molecule has 0 atom stereocenters. The third-order valence-corrected chi connectivity index (χ3v) is 4.80. The van der Waals surface area contributed by atoms with Crippen molar-refractivity contribution in [1.82, 2.24) is 15.1 Å². The maximum atomic E-state index is 12.8. The fraction of sp³-hybridized carbons (Fsp3) is 0.0526. The summed E-state index contributed by atoms with van der Waals surface area (Å²) < 4.78 is 5.20. The molecule has 4 aromatic rings. The summed E-state index contributed by atoms with van der Waals surface area (Å²) in [5.74, 6) is 0.519. The van der Waals surface area contributed by atoms with Crippen LogP contribution < -0.4 is 5.32 Å². The lowest BCUT2D eigenvalue weighted by molar-refractivity contribution is 0.102. The van der Waals surface area contributed by atoms with Crippen molar-refractivity contribution in [2.45, 2.75) is 6.92 Å². The molecular weight excluding hydrogens is 384 g/mol. The van der Waals surface area contributed by atoms with Gasteiger partial charge in [0.25, 0.3) is 11.8 Å². The van der Waals surface area contributed by atoms with Gasteiger partial charge in [0.05, 0.1) is 16.8 Å². The Balaban J connectivity index is 1.58. The van der Waals surface area contributed by atoms with Crippen LogP contribution in [-0.4, -0.2) is 21.0 Å². The van der Waals surface area contributed by atoms with E-state index in [2.05, 4.69) is 20.4 Å². The van der Waals surface area contributed by atoms with Crippen LogP contribution in [0.1, 0.15) is 16.2 Å². The van der Waals surface area contributed by atoms with Crippen molar-refractivity contribution in [3.05, 3.63) is 70.3 Å². The zero-order valence-corrected chi connectivity index (χ0v) is 15.7. The van der Waals surface area contributed by atoms with Crippen LogP contribution in [0.15, 0.2) is 58.4 Å². The predicted octanol–water partition coefficient (Wildman–Crippen LogP) is 5.07. The van der Waals surface area contributed by atoms with Gasteiger partial charge in [-0.1, -0.05) is 41.0 Å². The summed E-state index contributed by atoms with van der Waals surface area (Å²) in [5, 5.41) is 9.66. The van der Waals surface area contributed by atoms with Crippen LogP contribution in [0.3, 0.4) is 0 Å². The normalized spacial score (nSPS) is 10.7. The van der Waals surface area contributed by atoms with E-state index in [1.54, 1.807) is 37.3 Å². The average molecular weight is 397 g/mol. The standard InChI is InChI=1S/C19H13ClN4O2S/c1-11-21-18(26-24-11)15-5-3-2-4-14(15)17(25)23-19-22-16(10-27-19)12-6-8-13(20)9-7-12/h2-10H,1H3,(H,22,23,25). The fourth-order valence-electron chi connectivity index (χ4n) is 2.52. The molecule has 8 heteroatoms. The SMILES string of the molecule is Cc1noc(-c2ccccc2C(=O)Nc2nc(-c3ccc(Cl)cc3)cs2)n1. The summed E-state index contributed by atoms with van der Waals surface area (Å²) in [6.45, 7) is 1.73. The highest BCUT2D eigenvalue weighted by atomic mass is 35.5. The Morgan fingerprint density at radius 3 is 2.63 bits per heavy atom. The lowest BCUT2D eigenvalue weighted by atomic mass is 10.1. The molecule has 0 spiro atoms. The molecule has 0 fully saturated rings. The second-order valence-electron chi connectivity index (χ2n) is 5.69. The van der Waals surface area contributed by atoms with Gasteiger partial charge in [-0.15, -0.1) is 11.3 Å². The first-order chi connectivity index (χ1) is 13.1. The molecule has 2 heterocycles. The van der Waals surface area contributed by atoms with Crippen molar-refractivity contribution in [3.8, 4) is 22.7 Å². The number of anilines is 1. The van der Waals surface area contributed by atoms with Gasteiger partial charge in [0.15, 0.2) is 11.0 Å². The molecule has 0 bridgehead atoms. The first kappa shape index (κ1) is 17.4. The third-order valence-electron chi connectivity index (χ3n) is 3.79. The lowest BCUT2D eigenvalue weighted by Gasteiger charge is -2.05. The van der Waals surface area contributed by atoms with E-state index in [4.69, 9.17) is 16.1 Å². The fourth-order valence-corrected chi connectivity index (χ4v) is 3.36. The van der Waals surface area contributed by atoms with Gasteiger partial charge in [-0.05, 0) is 31.2 Å². The van der Waals surface area contributed by atoms with Crippen molar-refractivity contribution in [2.24, 2.45) is 0 Å². The number of nitrogens with one attached hydrogen (secondary N) is 1. The quantitative estimate of drug-likeness (QED) is 0.520. The van der Waals surface area contributed by atoms with E-state index in [0.717, 1.165) is 11.3 Å². The minimum Gasteiger partial charge on any atom is -0.334 e. The number of thiazole rings is 1. The highest BCUT2D eigenvalue weighted by Crippen LogP contribution is 2.27. The van der Waals surface area contributed by atoms with Crippen molar-refractivity contribution in [2.75, 3.05) is 5.32 Å². The number of benzene rings is 2. The van der Waals surface area contributed by atoms with E-state index < -0.39 is 0 Å². The maximum absolute atomic E-state index is 12.8. The Morgan fingerprint density at radius 2 is 1.89 bits per heavy atom. The molecule has 1 N–H and O–H groups in total. The van der Waals surface area contributed by atoms with Gasteiger partial charge in [-0.3, -0.25) is 10.1 Å². The maximum Gasteiger partial charge on any atom is 0.258 e. The summed E-state index contributed by atoms with van der Waals surface area (Å²) in [7, 11) is 0. The zero-order valence-electron chi connectivity index (χ0n) is 14.1. The summed E-state index contributed by atoms with van der Waals surface area (Å²) in [6, 6.07) is 14.4. The summed E-state index contributed by atoms with van der Waals surface area (Å²) in [6.07, 6.45) is 0. The van der Waals surface area contributed by atoms with Crippen LogP contribution in [0.25, 0.3) is 22.7 Å². The van der Waals surface area contributed by atoms with Crippen molar-refractivity contribution >= 4 is 34.0 Å². The molecule has 0 saturated carbocycles. The van der Waals surface area contributed by atoms with E-state index in [0.29, 0.717) is 33.0 Å². The van der Waals surface area contributed by atoms with Gasteiger partial charge >= 0.3 is 0 Å². The summed E-state index contributed by atoms with van der Waals surface area (Å²) >= 11 is 7.27. The first-order valence-electron chi connectivity index (χ1n) is 8.03. The molecule has 2 aromatic heterocycles. The molecule has 134 valence electrons. The van der Waals surface area contributed by atoms with E-state index in [1.807, 2.05) is 23.6 Å². The van der Waals surface area contributed by atoms with Gasteiger partial charge < -0.3 is 4.52 Å². The molecule has 2 aromatic carbocycles. The largest absolute Gasteiger partial charge is 0.334 e. The number of carbonyl (C=O) groups is 1. The first-order valence-corrected chi connectivity index (χ1v) is 9.28. The Bertz CT molecular complexity index is 1100. The molecule has 0 aliphatic carbocycles. The molecule has 0 aliphatic rings. The lowest BCUT2D eigenvalue weighted by Crippen LogP contribution is -2.13. The minimum atomic E-state index is -0.293. The van der Waals surface area contributed by atoms with Crippen LogP contribution >= 0.6 is 22.9 Å². The number of aromatic nitrogens is 3. The number of nitrogens with zero attached hydrogens (tertiary/aromatic N) is 3. The van der Waals surface area contributed by atoms with E-state index in [9.17, 15) is 4.79 Å². The van der Waals surface area contributed by atoms with Crippen molar-refractivity contribution in [1.29, 1.82) is 0 Å². The highest BCUT2D eigenvalue weighted by molar-refractivity contribution is 7.14. The molecule has 1 amide bonds. The van der Waals surface area contributed by atoms with Crippen LogP contribution in [0.2, 0.25) is 5.02 Å². The molecule has 0 radical (unpaired) electrons. The monoisotopic (exact) mass is 396 g/mol. The zero-order chi connectivity index (χ0) is 18.8. The number of amides is 1.